The fourth-order valence-electron chi connectivity index (χ4n) is 11.7. The molecule has 0 amide bonds. The molecular formula is C77H71N4O2Pt-3. The van der Waals surface area contributed by atoms with Crippen LogP contribution >= 0.6 is 0 Å². The Labute approximate surface area is 512 Å². The third kappa shape index (κ3) is 10.4. The maximum absolute atomic E-state index is 10.0. The SMILES string of the molecule is [2H]C([2H])(c1cc(-n2c3[c-]c(Oc4[c-]c(N5[CH-]N(c6c(-c7ccccc7)cc(C(C)(C)C)cc6-c6ccccc6)c6ccccc65)ccc4)ccc3c3c4oc5ccccc5c4ccc32)ncc1-c1cc(C(C)(C)C)cc(C(C)(C)C)c1)C(C)(C)C.[Pt]. The van der Waals surface area contributed by atoms with Crippen molar-refractivity contribution in [2.75, 3.05) is 9.80 Å². The van der Waals surface area contributed by atoms with Crippen LogP contribution in [0.25, 0.3) is 82.9 Å². The molecule has 0 saturated carbocycles. The van der Waals surface area contributed by atoms with Gasteiger partial charge in [0.1, 0.15) is 17.0 Å². The third-order valence-corrected chi connectivity index (χ3v) is 16.0. The molecule has 6 nitrogen and oxygen atoms in total. The molecule has 1 aliphatic heterocycles. The van der Waals surface area contributed by atoms with Gasteiger partial charge in [-0.3, -0.25) is 0 Å². The Hall–Kier alpha value is -8.18. The summed E-state index contributed by atoms with van der Waals surface area (Å²) in [5, 5.41) is 3.84. The van der Waals surface area contributed by atoms with Crippen molar-refractivity contribution in [1.29, 1.82) is 0 Å². The predicted octanol–water partition coefficient (Wildman–Crippen LogP) is 21.4. The first kappa shape index (κ1) is 53.8. The van der Waals surface area contributed by atoms with E-state index in [2.05, 4.69) is 241 Å². The van der Waals surface area contributed by atoms with Gasteiger partial charge >= 0.3 is 0 Å². The van der Waals surface area contributed by atoms with Crippen molar-refractivity contribution in [3.63, 3.8) is 0 Å². The number of benzene rings is 9. The number of rotatable bonds is 9. The van der Waals surface area contributed by atoms with E-state index in [1.807, 2.05) is 69.4 Å². The van der Waals surface area contributed by atoms with E-state index in [0.29, 0.717) is 28.4 Å². The number of ether oxygens (including phenoxy) is 1. The van der Waals surface area contributed by atoms with Gasteiger partial charge in [0.25, 0.3) is 0 Å². The molecule has 0 radical (unpaired) electrons. The number of aromatic nitrogens is 2. The minimum atomic E-state index is -1.79. The van der Waals surface area contributed by atoms with Gasteiger partial charge in [-0.15, -0.1) is 42.7 Å². The van der Waals surface area contributed by atoms with Crippen molar-refractivity contribution in [3.05, 3.63) is 235 Å². The van der Waals surface area contributed by atoms with Crippen LogP contribution in [0, 0.1) is 24.2 Å². The summed E-state index contributed by atoms with van der Waals surface area (Å²) in [6, 6.07) is 73.2. The Morgan fingerprint density at radius 3 is 1.73 bits per heavy atom. The zero-order valence-corrected chi connectivity index (χ0v) is 52.2. The van der Waals surface area contributed by atoms with Gasteiger partial charge in [0.2, 0.25) is 0 Å². The number of fused-ring (bicyclic) bond motifs is 8. The van der Waals surface area contributed by atoms with Crippen LogP contribution < -0.4 is 14.5 Å². The van der Waals surface area contributed by atoms with Crippen molar-refractivity contribution in [2.24, 2.45) is 5.41 Å². The van der Waals surface area contributed by atoms with Gasteiger partial charge in [0.05, 0.1) is 0 Å². The van der Waals surface area contributed by atoms with E-state index in [1.165, 1.54) is 16.7 Å². The van der Waals surface area contributed by atoms with Crippen LogP contribution in [0.2, 0.25) is 0 Å². The quantitative estimate of drug-likeness (QED) is 0.135. The summed E-state index contributed by atoms with van der Waals surface area (Å²) in [6.07, 6.45) is 0.0833. The Bertz CT molecular complexity index is 4480. The molecule has 0 aliphatic carbocycles. The summed E-state index contributed by atoms with van der Waals surface area (Å²) >= 11 is 0. The molecule has 9 aromatic carbocycles. The first-order valence-electron chi connectivity index (χ1n) is 29.9. The number of pyridine rings is 1. The fourth-order valence-corrected chi connectivity index (χ4v) is 11.7. The molecular weight excluding hydrogens is 1210 g/mol. The molecule has 0 N–H and O–H groups in total. The van der Waals surface area contributed by atoms with E-state index in [9.17, 15) is 2.74 Å². The van der Waals surface area contributed by atoms with E-state index in [-0.39, 0.29) is 37.3 Å². The Morgan fingerprint density at radius 1 is 0.524 bits per heavy atom. The van der Waals surface area contributed by atoms with Gasteiger partial charge in [-0.05, 0) is 121 Å². The van der Waals surface area contributed by atoms with Gasteiger partial charge < -0.3 is 23.5 Å². The van der Waals surface area contributed by atoms with Crippen LogP contribution in [0.3, 0.4) is 0 Å². The Balaban J connectivity index is 0.00000724. The van der Waals surface area contributed by atoms with Gasteiger partial charge in [-0.25, -0.2) is 4.98 Å². The average molecular weight is 1280 g/mol. The number of anilines is 4. The van der Waals surface area contributed by atoms with Gasteiger partial charge in [-0.1, -0.05) is 203 Å². The molecule has 4 heterocycles. The normalized spacial score (nSPS) is 13.6. The van der Waals surface area contributed by atoms with Crippen LogP contribution in [0.5, 0.6) is 11.5 Å². The minimum absolute atomic E-state index is 0. The number of hydrogen-bond acceptors (Lipinski definition) is 5. The predicted molar refractivity (Wildman–Crippen MR) is 347 cm³/mol. The molecule has 424 valence electrons. The minimum Gasteiger partial charge on any atom is -0.509 e. The van der Waals surface area contributed by atoms with Crippen LogP contribution in [0.4, 0.5) is 22.7 Å². The van der Waals surface area contributed by atoms with E-state index in [0.717, 1.165) is 94.4 Å². The zero-order chi connectivity index (χ0) is 59.5. The zero-order valence-electron chi connectivity index (χ0n) is 52.0. The summed E-state index contributed by atoms with van der Waals surface area (Å²) < 4.78 is 35.8. The summed E-state index contributed by atoms with van der Waals surface area (Å²) in [5.41, 5.74) is 16.3. The summed E-state index contributed by atoms with van der Waals surface area (Å²) in [7, 11) is 0. The molecule has 0 atom stereocenters. The molecule has 7 heteroatoms. The second-order valence-electron chi connectivity index (χ2n) is 26.4. The molecule has 0 fully saturated rings. The van der Waals surface area contributed by atoms with Crippen molar-refractivity contribution in [1.82, 2.24) is 9.55 Å². The van der Waals surface area contributed by atoms with Crippen molar-refractivity contribution >= 4 is 66.5 Å². The molecule has 0 saturated heterocycles. The first-order chi connectivity index (χ1) is 40.4. The topological polar surface area (TPSA) is 46.7 Å². The average Bonchev–Trinajstić information content (AvgIpc) is 1.53. The van der Waals surface area contributed by atoms with Crippen molar-refractivity contribution in [3.8, 4) is 50.7 Å². The molecule has 0 spiro atoms. The number of nitrogens with zero attached hydrogens (tertiary/aromatic N) is 4. The monoisotopic (exact) mass is 1280 g/mol. The number of para-hydroxylation sites is 3. The summed E-state index contributed by atoms with van der Waals surface area (Å²) in [6.45, 7) is 28.3. The van der Waals surface area contributed by atoms with Gasteiger partial charge in [0.15, 0.2) is 0 Å². The second kappa shape index (κ2) is 21.2. The van der Waals surface area contributed by atoms with Crippen LogP contribution in [-0.4, -0.2) is 9.55 Å². The van der Waals surface area contributed by atoms with Crippen LogP contribution in [-0.2, 0) is 43.7 Å². The fraction of sp³-hybridized carbons (Fsp3) is 0.221. The molecule has 13 rings (SSSR count). The molecule has 0 bridgehead atoms. The Kier molecular flexibility index (Phi) is 13.6. The van der Waals surface area contributed by atoms with E-state index in [1.54, 1.807) is 0 Å². The molecule has 12 aromatic rings. The first-order valence-corrected chi connectivity index (χ1v) is 28.9. The Morgan fingerprint density at radius 2 is 1.10 bits per heavy atom. The third-order valence-electron chi connectivity index (χ3n) is 16.0. The molecule has 0 unspecified atom stereocenters. The maximum atomic E-state index is 10.0. The number of hydrogen-bond donors (Lipinski definition) is 0. The van der Waals surface area contributed by atoms with E-state index in [4.69, 9.17) is 14.1 Å². The summed E-state index contributed by atoms with van der Waals surface area (Å²) in [4.78, 5) is 9.85. The van der Waals surface area contributed by atoms with Gasteiger partial charge in [0, 0.05) is 91.5 Å². The van der Waals surface area contributed by atoms with Crippen LogP contribution in [0.15, 0.2) is 199 Å². The second-order valence-corrected chi connectivity index (χ2v) is 26.4. The smallest absolute Gasteiger partial charge is 0.135 e. The summed E-state index contributed by atoms with van der Waals surface area (Å²) in [5.74, 6) is 1.55. The largest absolute Gasteiger partial charge is 0.509 e. The van der Waals surface area contributed by atoms with E-state index < -0.39 is 11.8 Å². The number of furan rings is 1. The van der Waals surface area contributed by atoms with Crippen LogP contribution in [0.1, 0.15) is 108 Å². The van der Waals surface area contributed by atoms with Crippen molar-refractivity contribution < 1.29 is 33.0 Å². The standard InChI is InChI=1S/C77H71N4O2.Pt/c1-74(2,3)46-52-40-70(78-47-64(52)51-38-53(75(4,5)6)41-54(39-51)76(7,8)9)81-67-37-36-60-59-30-19-22-33-69(59)83-73(60)71(67)61-35-34-58(45-68(61)81)82-57-29-23-28-56(44-57)79-48-80(66-32-21-20-31-65(66)79)72-62(49-24-15-13-16-25-49)42-55(77(10,11)12)43-63(72)50-26-17-14-18-27-50;/h13-43,47-48H,46H2,1-12H3;/q-3;/i46D2;. The van der Waals surface area contributed by atoms with Gasteiger partial charge in [-0.2, -0.15) is 12.1 Å². The molecule has 1 aliphatic rings. The maximum Gasteiger partial charge on any atom is 0.135 e. The molecule has 3 aromatic heterocycles. The van der Waals surface area contributed by atoms with E-state index >= 15 is 0 Å². The molecule has 84 heavy (non-hydrogen) atoms. The van der Waals surface area contributed by atoms with Crippen molar-refractivity contribution in [2.45, 2.75) is 106 Å².